The van der Waals surface area contributed by atoms with Gasteiger partial charge in [-0.25, -0.2) is 0 Å². The van der Waals surface area contributed by atoms with Crippen LogP contribution in [0.3, 0.4) is 0 Å². The maximum Gasteiger partial charge on any atom is 0.320 e. The number of rotatable bonds is 11. The summed E-state index contributed by atoms with van der Waals surface area (Å²) in [6.45, 7) is 2.74. The number of ketones is 1. The van der Waals surface area contributed by atoms with E-state index in [-0.39, 0.29) is 5.78 Å². The molecule has 4 nitrogen and oxygen atoms in total. The molecule has 0 aliphatic carbocycles. The zero-order valence-electron chi connectivity index (χ0n) is 15.3. The lowest BCUT2D eigenvalue weighted by molar-refractivity contribution is -0.144. The first kappa shape index (κ1) is 19.9. The van der Waals surface area contributed by atoms with Gasteiger partial charge in [-0.2, -0.15) is 0 Å². The first-order chi connectivity index (χ1) is 12.6. The Morgan fingerprint density at radius 1 is 0.885 bits per heavy atom. The summed E-state index contributed by atoms with van der Waals surface area (Å²) >= 11 is 0. The van der Waals surface area contributed by atoms with E-state index in [2.05, 4.69) is 0 Å². The molecule has 0 radical (unpaired) electrons. The SMILES string of the molecule is CC(=O)CCCC[C@@H](C(=O)O)N(Cc1ccccc1)Cc1ccccc1. The molecule has 0 bridgehead atoms. The van der Waals surface area contributed by atoms with Crippen LogP contribution in [0.25, 0.3) is 0 Å². The van der Waals surface area contributed by atoms with Crippen LogP contribution in [-0.4, -0.2) is 27.8 Å². The minimum Gasteiger partial charge on any atom is -0.480 e. The fourth-order valence-corrected chi connectivity index (χ4v) is 3.09. The van der Waals surface area contributed by atoms with Crippen LogP contribution in [0.15, 0.2) is 60.7 Å². The van der Waals surface area contributed by atoms with Crippen molar-refractivity contribution in [1.29, 1.82) is 0 Å². The smallest absolute Gasteiger partial charge is 0.320 e. The topological polar surface area (TPSA) is 57.6 Å². The molecule has 0 fully saturated rings. The molecule has 0 saturated carbocycles. The molecule has 1 N–H and O–H groups in total. The molecular formula is C22H27NO3. The van der Waals surface area contributed by atoms with Gasteiger partial charge in [0, 0.05) is 19.5 Å². The molecule has 0 aliphatic heterocycles. The Kier molecular flexibility index (Phi) is 8.03. The molecule has 138 valence electrons. The maximum absolute atomic E-state index is 11.9. The predicted molar refractivity (Wildman–Crippen MR) is 103 cm³/mol. The van der Waals surface area contributed by atoms with Gasteiger partial charge in [0.05, 0.1) is 0 Å². The lowest BCUT2D eigenvalue weighted by Crippen LogP contribution is -2.40. The second-order valence-electron chi connectivity index (χ2n) is 6.68. The monoisotopic (exact) mass is 353 g/mol. The molecule has 0 unspecified atom stereocenters. The largest absolute Gasteiger partial charge is 0.480 e. The van der Waals surface area contributed by atoms with Crippen LogP contribution in [0.4, 0.5) is 0 Å². The Hall–Kier alpha value is -2.46. The highest BCUT2D eigenvalue weighted by atomic mass is 16.4. The maximum atomic E-state index is 11.9. The van der Waals surface area contributed by atoms with Gasteiger partial charge >= 0.3 is 5.97 Å². The molecule has 4 heteroatoms. The van der Waals surface area contributed by atoms with Crippen molar-refractivity contribution in [3.63, 3.8) is 0 Å². The molecule has 1 atom stereocenters. The molecule has 0 aromatic heterocycles. The molecule has 0 spiro atoms. The third-order valence-corrected chi connectivity index (χ3v) is 4.44. The fraction of sp³-hybridized carbons (Fsp3) is 0.364. The molecule has 0 saturated heterocycles. The summed E-state index contributed by atoms with van der Waals surface area (Å²) in [5, 5.41) is 9.80. The van der Waals surface area contributed by atoms with Crippen molar-refractivity contribution in [2.45, 2.75) is 51.7 Å². The molecule has 26 heavy (non-hydrogen) atoms. The Bertz CT molecular complexity index is 644. The van der Waals surface area contributed by atoms with E-state index in [4.69, 9.17) is 0 Å². The highest BCUT2D eigenvalue weighted by Gasteiger charge is 2.25. The van der Waals surface area contributed by atoms with Crippen molar-refractivity contribution >= 4 is 11.8 Å². The van der Waals surface area contributed by atoms with Gasteiger partial charge in [0.1, 0.15) is 11.8 Å². The summed E-state index contributed by atoms with van der Waals surface area (Å²) in [5.74, 6) is -0.651. The quantitative estimate of drug-likeness (QED) is 0.612. The van der Waals surface area contributed by atoms with Gasteiger partial charge in [-0.15, -0.1) is 0 Å². The van der Waals surface area contributed by atoms with Crippen molar-refractivity contribution in [3.8, 4) is 0 Å². The zero-order valence-corrected chi connectivity index (χ0v) is 15.3. The van der Waals surface area contributed by atoms with Crippen molar-refractivity contribution < 1.29 is 14.7 Å². The van der Waals surface area contributed by atoms with Gasteiger partial charge in [0.2, 0.25) is 0 Å². The second-order valence-corrected chi connectivity index (χ2v) is 6.68. The van der Waals surface area contributed by atoms with Crippen LogP contribution in [0.1, 0.15) is 43.7 Å². The van der Waals surface area contributed by atoms with E-state index in [1.54, 1.807) is 6.92 Å². The van der Waals surface area contributed by atoms with Gasteiger partial charge in [-0.05, 0) is 30.9 Å². The third kappa shape index (κ3) is 6.81. The number of nitrogens with zero attached hydrogens (tertiary/aromatic N) is 1. The van der Waals surface area contributed by atoms with Crippen LogP contribution < -0.4 is 0 Å². The van der Waals surface area contributed by atoms with E-state index in [0.29, 0.717) is 25.9 Å². The number of benzene rings is 2. The number of hydrogen-bond acceptors (Lipinski definition) is 3. The van der Waals surface area contributed by atoms with Crippen molar-refractivity contribution in [1.82, 2.24) is 4.90 Å². The summed E-state index contributed by atoms with van der Waals surface area (Å²) in [6, 6.07) is 19.3. The van der Waals surface area contributed by atoms with Gasteiger partial charge < -0.3 is 9.90 Å². The first-order valence-electron chi connectivity index (χ1n) is 9.10. The lowest BCUT2D eigenvalue weighted by Gasteiger charge is -2.29. The van der Waals surface area contributed by atoms with Gasteiger partial charge in [-0.1, -0.05) is 67.1 Å². The van der Waals surface area contributed by atoms with Crippen molar-refractivity contribution in [2.24, 2.45) is 0 Å². The summed E-state index contributed by atoms with van der Waals surface area (Å²) in [7, 11) is 0. The number of carboxylic acid groups (broad SMARTS) is 1. The molecule has 0 amide bonds. The lowest BCUT2D eigenvalue weighted by atomic mass is 10.0. The van der Waals surface area contributed by atoms with Gasteiger partial charge in [0.25, 0.3) is 0 Å². The van der Waals surface area contributed by atoms with Crippen LogP contribution in [0.5, 0.6) is 0 Å². The van der Waals surface area contributed by atoms with Crippen molar-refractivity contribution in [2.75, 3.05) is 0 Å². The van der Waals surface area contributed by atoms with Crippen molar-refractivity contribution in [3.05, 3.63) is 71.8 Å². The first-order valence-corrected chi connectivity index (χ1v) is 9.10. The highest BCUT2D eigenvalue weighted by Crippen LogP contribution is 2.18. The molecule has 0 aliphatic rings. The Morgan fingerprint density at radius 2 is 1.38 bits per heavy atom. The van der Waals surface area contributed by atoms with Crippen LogP contribution in [0, 0.1) is 0 Å². The molecule has 0 heterocycles. The average Bonchev–Trinajstić information content (AvgIpc) is 2.62. The third-order valence-electron chi connectivity index (χ3n) is 4.44. The number of unbranched alkanes of at least 4 members (excludes halogenated alkanes) is 1. The minimum atomic E-state index is -0.806. The predicted octanol–water partition coefficient (Wildman–Crippen LogP) is 4.29. The molecular weight excluding hydrogens is 326 g/mol. The average molecular weight is 353 g/mol. The Balaban J connectivity index is 2.12. The van der Waals surface area contributed by atoms with E-state index in [1.807, 2.05) is 65.6 Å². The number of carbonyl (C=O) groups is 2. The standard InChI is InChI=1S/C22H27NO3/c1-18(24)10-8-9-15-21(22(25)26)23(16-19-11-4-2-5-12-19)17-20-13-6-3-7-14-20/h2-7,11-14,21H,8-10,15-17H2,1H3,(H,25,26)/t21-/m0/s1. The number of hydrogen-bond donors (Lipinski definition) is 1. The Labute approximate surface area is 155 Å². The normalized spacial score (nSPS) is 12.1. The molecule has 2 aromatic carbocycles. The summed E-state index contributed by atoms with van der Waals surface area (Å²) in [5.41, 5.74) is 2.19. The number of carbonyl (C=O) groups excluding carboxylic acids is 1. The summed E-state index contributed by atoms with van der Waals surface area (Å²) in [4.78, 5) is 25.1. The second kappa shape index (κ2) is 10.5. The molecule has 2 rings (SSSR count). The number of aliphatic carboxylic acids is 1. The van der Waals surface area contributed by atoms with E-state index >= 15 is 0 Å². The fourth-order valence-electron chi connectivity index (χ4n) is 3.09. The van der Waals surface area contributed by atoms with Crippen LogP contribution in [0.2, 0.25) is 0 Å². The Morgan fingerprint density at radius 3 is 1.81 bits per heavy atom. The number of Topliss-reactive ketones (excluding diaryl/α,β-unsaturated/α-hetero) is 1. The van der Waals surface area contributed by atoms with E-state index in [1.165, 1.54) is 0 Å². The van der Waals surface area contributed by atoms with E-state index in [9.17, 15) is 14.7 Å². The van der Waals surface area contributed by atoms with Gasteiger partial charge in [-0.3, -0.25) is 9.69 Å². The highest BCUT2D eigenvalue weighted by molar-refractivity contribution is 5.75. The zero-order chi connectivity index (χ0) is 18.8. The van der Waals surface area contributed by atoms with E-state index < -0.39 is 12.0 Å². The van der Waals surface area contributed by atoms with Crippen LogP contribution >= 0.6 is 0 Å². The van der Waals surface area contributed by atoms with Gasteiger partial charge in [0.15, 0.2) is 0 Å². The minimum absolute atomic E-state index is 0.155. The van der Waals surface area contributed by atoms with Crippen LogP contribution in [-0.2, 0) is 22.7 Å². The van der Waals surface area contributed by atoms with E-state index in [0.717, 1.165) is 24.0 Å². The summed E-state index contributed by atoms with van der Waals surface area (Å²) in [6.07, 6.45) is 2.53. The summed E-state index contributed by atoms with van der Waals surface area (Å²) < 4.78 is 0. The molecule has 2 aromatic rings. The number of carboxylic acids is 1.